The van der Waals surface area contributed by atoms with E-state index in [2.05, 4.69) is 0 Å². The number of hydrogen-bond donors (Lipinski definition) is 0. The van der Waals surface area contributed by atoms with E-state index in [0.717, 1.165) is 16.9 Å². The largest absolute Gasteiger partial charge is 0.497 e. The number of hydrogen-bond acceptors (Lipinski definition) is 5. The summed E-state index contributed by atoms with van der Waals surface area (Å²) in [5.74, 6) is 2.14. The SMILES string of the molecule is COc1ccc(OC(C)C(=O)N2CCC3(CC2)CC(=O)c2cc(C)cc(C)c2O3)cc1. The van der Waals surface area contributed by atoms with Gasteiger partial charge in [0.25, 0.3) is 5.91 Å². The predicted molar refractivity (Wildman–Crippen MR) is 117 cm³/mol. The second-order valence-electron chi connectivity index (χ2n) is 8.60. The van der Waals surface area contributed by atoms with Crippen molar-refractivity contribution in [2.45, 2.75) is 51.7 Å². The first-order chi connectivity index (χ1) is 14.8. The lowest BCUT2D eigenvalue weighted by molar-refractivity contribution is -0.141. The van der Waals surface area contributed by atoms with Crippen LogP contribution in [0.2, 0.25) is 0 Å². The van der Waals surface area contributed by atoms with Gasteiger partial charge in [0, 0.05) is 25.9 Å². The highest BCUT2D eigenvalue weighted by atomic mass is 16.5. The van der Waals surface area contributed by atoms with E-state index in [1.165, 1.54) is 0 Å². The molecule has 1 spiro atoms. The normalized spacial score (nSPS) is 18.2. The smallest absolute Gasteiger partial charge is 0.263 e. The Morgan fingerprint density at radius 2 is 1.74 bits per heavy atom. The molecule has 2 aromatic rings. The van der Waals surface area contributed by atoms with Crippen LogP contribution in [0.25, 0.3) is 0 Å². The number of Topliss-reactive ketones (excluding diaryl/α,β-unsaturated/α-hetero) is 1. The van der Waals surface area contributed by atoms with Crippen molar-refractivity contribution in [3.63, 3.8) is 0 Å². The maximum absolute atomic E-state index is 12.9. The molecule has 0 bridgehead atoms. The molecule has 6 heteroatoms. The first-order valence-electron chi connectivity index (χ1n) is 10.7. The highest BCUT2D eigenvalue weighted by molar-refractivity contribution is 6.01. The number of benzene rings is 2. The molecule has 2 aliphatic rings. The number of carbonyl (C=O) groups excluding carboxylic acids is 2. The average molecular weight is 424 g/mol. The number of amides is 1. The Morgan fingerprint density at radius 3 is 2.39 bits per heavy atom. The van der Waals surface area contributed by atoms with Gasteiger partial charge in [-0.05, 0) is 62.2 Å². The van der Waals surface area contributed by atoms with Gasteiger partial charge in [0.15, 0.2) is 11.9 Å². The fourth-order valence-corrected chi connectivity index (χ4v) is 4.52. The van der Waals surface area contributed by atoms with Crippen molar-refractivity contribution < 1.29 is 23.8 Å². The number of nitrogens with zero attached hydrogens (tertiary/aromatic N) is 1. The van der Waals surface area contributed by atoms with Gasteiger partial charge in [-0.3, -0.25) is 9.59 Å². The molecule has 1 atom stereocenters. The molecule has 0 aromatic heterocycles. The van der Waals surface area contributed by atoms with Gasteiger partial charge in [-0.1, -0.05) is 6.07 Å². The zero-order valence-electron chi connectivity index (χ0n) is 18.6. The molecule has 1 amide bonds. The van der Waals surface area contributed by atoms with Crippen LogP contribution in [0.15, 0.2) is 36.4 Å². The fraction of sp³-hybridized carbons (Fsp3) is 0.440. The molecule has 2 aromatic carbocycles. The van der Waals surface area contributed by atoms with Crippen molar-refractivity contribution >= 4 is 11.7 Å². The molecule has 1 unspecified atom stereocenters. The monoisotopic (exact) mass is 423 g/mol. The summed E-state index contributed by atoms with van der Waals surface area (Å²) in [5, 5.41) is 0. The molecule has 2 heterocycles. The van der Waals surface area contributed by atoms with Crippen molar-refractivity contribution in [3.8, 4) is 17.2 Å². The number of rotatable bonds is 4. The summed E-state index contributed by atoms with van der Waals surface area (Å²) in [6, 6.07) is 11.1. The van der Waals surface area contributed by atoms with Crippen molar-refractivity contribution in [1.82, 2.24) is 4.90 Å². The number of likely N-dealkylation sites (tertiary alicyclic amines) is 1. The van der Waals surface area contributed by atoms with Crippen LogP contribution in [0, 0.1) is 13.8 Å². The number of ether oxygens (including phenoxy) is 3. The molecule has 0 radical (unpaired) electrons. The van der Waals surface area contributed by atoms with E-state index < -0.39 is 11.7 Å². The highest BCUT2D eigenvalue weighted by Crippen LogP contribution is 2.41. The second-order valence-corrected chi connectivity index (χ2v) is 8.60. The van der Waals surface area contributed by atoms with Crippen LogP contribution in [0.4, 0.5) is 0 Å². The summed E-state index contributed by atoms with van der Waals surface area (Å²) >= 11 is 0. The van der Waals surface area contributed by atoms with Crippen LogP contribution < -0.4 is 14.2 Å². The van der Waals surface area contributed by atoms with E-state index in [0.29, 0.717) is 49.4 Å². The zero-order valence-corrected chi connectivity index (χ0v) is 18.6. The second kappa shape index (κ2) is 8.25. The van der Waals surface area contributed by atoms with Gasteiger partial charge >= 0.3 is 0 Å². The van der Waals surface area contributed by atoms with Crippen molar-refractivity contribution in [2.24, 2.45) is 0 Å². The number of aryl methyl sites for hydroxylation is 2. The number of methoxy groups -OCH3 is 1. The third-order valence-electron chi connectivity index (χ3n) is 6.23. The quantitative estimate of drug-likeness (QED) is 0.741. The summed E-state index contributed by atoms with van der Waals surface area (Å²) in [5.41, 5.74) is 2.21. The molecular weight excluding hydrogens is 394 g/mol. The van der Waals surface area contributed by atoms with Gasteiger partial charge in [0.05, 0.1) is 19.1 Å². The minimum atomic E-state index is -0.595. The highest BCUT2D eigenvalue weighted by Gasteiger charge is 2.44. The van der Waals surface area contributed by atoms with E-state index in [1.54, 1.807) is 38.3 Å². The molecule has 0 saturated carbocycles. The van der Waals surface area contributed by atoms with Crippen LogP contribution in [0.3, 0.4) is 0 Å². The van der Waals surface area contributed by atoms with Crippen LogP contribution >= 0.6 is 0 Å². The molecule has 2 aliphatic heterocycles. The molecule has 1 saturated heterocycles. The predicted octanol–water partition coefficient (Wildman–Crippen LogP) is 4.11. The average Bonchev–Trinajstić information content (AvgIpc) is 2.75. The maximum Gasteiger partial charge on any atom is 0.263 e. The Hall–Kier alpha value is -3.02. The van der Waals surface area contributed by atoms with E-state index in [4.69, 9.17) is 14.2 Å². The number of carbonyl (C=O) groups is 2. The Morgan fingerprint density at radius 1 is 1.10 bits per heavy atom. The summed E-state index contributed by atoms with van der Waals surface area (Å²) in [4.78, 5) is 27.6. The molecule has 1 fully saturated rings. The van der Waals surface area contributed by atoms with Crippen molar-refractivity contribution in [1.29, 1.82) is 0 Å². The Kier molecular flexibility index (Phi) is 5.65. The van der Waals surface area contributed by atoms with E-state index in [9.17, 15) is 9.59 Å². The third-order valence-corrected chi connectivity index (χ3v) is 6.23. The number of fused-ring (bicyclic) bond motifs is 1. The molecular formula is C25H29NO5. The minimum Gasteiger partial charge on any atom is -0.497 e. The van der Waals surface area contributed by atoms with Gasteiger partial charge in [-0.2, -0.15) is 0 Å². The third kappa shape index (κ3) is 4.24. The van der Waals surface area contributed by atoms with Gasteiger partial charge < -0.3 is 19.1 Å². The van der Waals surface area contributed by atoms with Gasteiger partial charge in [0.1, 0.15) is 22.8 Å². The van der Waals surface area contributed by atoms with Crippen LogP contribution in [0.1, 0.15) is 47.7 Å². The van der Waals surface area contributed by atoms with Gasteiger partial charge in [0.2, 0.25) is 0 Å². The fourth-order valence-electron chi connectivity index (χ4n) is 4.52. The summed E-state index contributed by atoms with van der Waals surface area (Å²) in [6.07, 6.45) is 1.03. The first-order valence-corrected chi connectivity index (χ1v) is 10.7. The molecule has 4 rings (SSSR count). The van der Waals surface area contributed by atoms with Gasteiger partial charge in [-0.25, -0.2) is 0 Å². The molecule has 0 aliphatic carbocycles. The first kappa shape index (κ1) is 21.2. The molecule has 0 N–H and O–H groups in total. The zero-order chi connectivity index (χ0) is 22.2. The van der Waals surface area contributed by atoms with Crippen LogP contribution in [0.5, 0.6) is 17.2 Å². The van der Waals surface area contributed by atoms with E-state index in [-0.39, 0.29) is 11.7 Å². The van der Waals surface area contributed by atoms with Crippen LogP contribution in [-0.4, -0.2) is 48.5 Å². The van der Waals surface area contributed by atoms with Crippen LogP contribution in [-0.2, 0) is 4.79 Å². The Labute approximate surface area is 183 Å². The Bertz CT molecular complexity index is 990. The molecule has 6 nitrogen and oxygen atoms in total. The van der Waals surface area contributed by atoms with Crippen molar-refractivity contribution in [3.05, 3.63) is 53.1 Å². The summed E-state index contributed by atoms with van der Waals surface area (Å²) < 4.78 is 17.4. The topological polar surface area (TPSA) is 65.1 Å². The standard InChI is InChI=1S/C25H29NO5/c1-16-13-17(2)23-21(14-16)22(27)15-25(31-23)9-11-26(12-10-25)24(28)18(3)30-20-7-5-19(29-4)6-8-20/h5-8,13-14,18H,9-12,15H2,1-4H3. The van der Waals surface area contributed by atoms with E-state index in [1.807, 2.05) is 30.9 Å². The summed E-state index contributed by atoms with van der Waals surface area (Å²) in [6.45, 7) is 6.82. The lowest BCUT2D eigenvalue weighted by Crippen LogP contribution is -2.54. The number of ketones is 1. The van der Waals surface area contributed by atoms with E-state index >= 15 is 0 Å². The molecule has 31 heavy (non-hydrogen) atoms. The minimum absolute atomic E-state index is 0.0555. The van der Waals surface area contributed by atoms with Gasteiger partial charge in [-0.15, -0.1) is 0 Å². The maximum atomic E-state index is 12.9. The Balaban J connectivity index is 1.39. The van der Waals surface area contributed by atoms with Crippen molar-refractivity contribution in [2.75, 3.05) is 20.2 Å². The number of piperidine rings is 1. The lowest BCUT2D eigenvalue weighted by Gasteiger charge is -2.44. The molecule has 164 valence electrons. The lowest BCUT2D eigenvalue weighted by atomic mass is 9.81. The summed E-state index contributed by atoms with van der Waals surface area (Å²) in [7, 11) is 1.61.